The number of halogens is 2. The standard InChI is InChI=1S/C11H10Cl2N2O3/c12-11(13)6-3-7-14(10(11)16)8-4-1-2-5-9(8)15(17)18/h1-2,4-5H,3,6-7H2. The monoisotopic (exact) mass is 288 g/mol. The van der Waals surface area contributed by atoms with Crippen LogP contribution in [0.1, 0.15) is 12.8 Å². The zero-order valence-electron chi connectivity index (χ0n) is 9.31. The second-order valence-corrected chi connectivity index (χ2v) is 5.49. The van der Waals surface area contributed by atoms with Gasteiger partial charge in [-0.2, -0.15) is 0 Å². The third-order valence-electron chi connectivity index (χ3n) is 2.80. The number of nitrogens with zero attached hydrogens (tertiary/aromatic N) is 2. The smallest absolute Gasteiger partial charge is 0.292 e. The molecule has 0 aliphatic carbocycles. The first-order chi connectivity index (χ1) is 8.43. The molecule has 0 spiro atoms. The normalized spacial score (nSPS) is 18.8. The first kappa shape index (κ1) is 13.1. The van der Waals surface area contributed by atoms with Crippen molar-refractivity contribution in [3.63, 3.8) is 0 Å². The van der Waals surface area contributed by atoms with Crippen LogP contribution in [-0.4, -0.2) is 21.7 Å². The van der Waals surface area contributed by atoms with E-state index in [0.29, 0.717) is 19.4 Å². The van der Waals surface area contributed by atoms with Gasteiger partial charge in [0.1, 0.15) is 5.69 Å². The molecule has 7 heteroatoms. The number of hydrogen-bond donors (Lipinski definition) is 0. The molecule has 5 nitrogen and oxygen atoms in total. The fourth-order valence-electron chi connectivity index (χ4n) is 1.94. The van der Waals surface area contributed by atoms with Gasteiger partial charge in [-0.25, -0.2) is 0 Å². The summed E-state index contributed by atoms with van der Waals surface area (Å²) in [5.41, 5.74) is 0.106. The van der Waals surface area contributed by atoms with Gasteiger partial charge in [-0.1, -0.05) is 35.3 Å². The summed E-state index contributed by atoms with van der Waals surface area (Å²) in [5.74, 6) is -0.508. The maximum Gasteiger partial charge on any atom is 0.292 e. The van der Waals surface area contributed by atoms with Crippen molar-refractivity contribution in [3.8, 4) is 0 Å². The van der Waals surface area contributed by atoms with E-state index in [1.807, 2.05) is 0 Å². The first-order valence-corrected chi connectivity index (χ1v) is 6.12. The van der Waals surface area contributed by atoms with Gasteiger partial charge in [0, 0.05) is 12.6 Å². The van der Waals surface area contributed by atoms with Crippen molar-refractivity contribution in [2.75, 3.05) is 11.4 Å². The van der Waals surface area contributed by atoms with E-state index < -0.39 is 15.2 Å². The molecule has 1 aromatic rings. The predicted molar refractivity (Wildman–Crippen MR) is 69.1 cm³/mol. The molecule has 2 rings (SSSR count). The molecular formula is C11H10Cl2N2O3. The fourth-order valence-corrected chi connectivity index (χ4v) is 2.41. The van der Waals surface area contributed by atoms with Gasteiger partial charge in [0.25, 0.3) is 11.6 Å². The Morgan fingerprint density at radius 2 is 2.00 bits per heavy atom. The summed E-state index contributed by atoms with van der Waals surface area (Å²) in [4.78, 5) is 23.7. The highest BCUT2D eigenvalue weighted by Crippen LogP contribution is 2.38. The maximum absolute atomic E-state index is 12.1. The minimum absolute atomic E-state index is 0.128. The predicted octanol–water partition coefficient (Wildman–Crippen LogP) is 2.90. The summed E-state index contributed by atoms with van der Waals surface area (Å²) in [5, 5.41) is 10.9. The molecule has 1 aliphatic rings. The van der Waals surface area contributed by atoms with Crippen LogP contribution in [0, 0.1) is 10.1 Å². The summed E-state index contributed by atoms with van der Waals surface area (Å²) >= 11 is 11.8. The van der Waals surface area contributed by atoms with Gasteiger partial charge in [-0.15, -0.1) is 0 Å². The van der Waals surface area contributed by atoms with Crippen LogP contribution in [0.15, 0.2) is 24.3 Å². The van der Waals surface area contributed by atoms with Crippen LogP contribution in [0.3, 0.4) is 0 Å². The minimum Gasteiger partial charge on any atom is -0.304 e. The lowest BCUT2D eigenvalue weighted by molar-refractivity contribution is -0.384. The fraction of sp³-hybridized carbons (Fsp3) is 0.364. The number of carbonyl (C=O) groups excluding carboxylic acids is 1. The summed E-state index contributed by atoms with van der Waals surface area (Å²) in [6, 6.07) is 6.05. The van der Waals surface area contributed by atoms with Gasteiger partial charge in [-0.3, -0.25) is 14.9 Å². The van der Waals surface area contributed by atoms with Crippen molar-refractivity contribution in [1.82, 2.24) is 0 Å². The Bertz CT molecular complexity index is 505. The highest BCUT2D eigenvalue weighted by molar-refractivity contribution is 6.59. The van der Waals surface area contributed by atoms with Crippen LogP contribution in [-0.2, 0) is 4.79 Å². The number of anilines is 1. The SMILES string of the molecule is O=C1N(c2ccccc2[N+](=O)[O-])CCCC1(Cl)Cl. The summed E-state index contributed by atoms with van der Waals surface area (Å²) in [6.45, 7) is 0.380. The van der Waals surface area contributed by atoms with Gasteiger partial charge < -0.3 is 4.90 Å². The molecule has 0 aromatic heterocycles. The van der Waals surface area contributed by atoms with Gasteiger partial charge in [0.2, 0.25) is 0 Å². The Morgan fingerprint density at radius 3 is 2.67 bits per heavy atom. The number of para-hydroxylation sites is 2. The number of piperidine rings is 1. The van der Waals surface area contributed by atoms with Crippen molar-refractivity contribution in [3.05, 3.63) is 34.4 Å². The molecule has 1 amide bonds. The van der Waals surface area contributed by atoms with Gasteiger partial charge in [0.15, 0.2) is 4.33 Å². The molecule has 0 saturated carbocycles. The zero-order chi connectivity index (χ0) is 13.3. The third kappa shape index (κ3) is 2.28. The van der Waals surface area contributed by atoms with Crippen molar-refractivity contribution in [1.29, 1.82) is 0 Å². The number of amides is 1. The molecule has 96 valence electrons. The molecule has 1 aliphatic heterocycles. The summed E-state index contributed by atoms with van der Waals surface area (Å²) < 4.78 is -1.50. The van der Waals surface area contributed by atoms with Crippen molar-refractivity contribution >= 4 is 40.5 Å². The van der Waals surface area contributed by atoms with Crippen molar-refractivity contribution in [2.24, 2.45) is 0 Å². The Hall–Kier alpha value is -1.33. The van der Waals surface area contributed by atoms with E-state index in [1.54, 1.807) is 12.1 Å². The minimum atomic E-state index is -1.50. The first-order valence-electron chi connectivity index (χ1n) is 5.37. The number of alkyl halides is 2. The van der Waals surface area contributed by atoms with Crippen LogP contribution in [0.5, 0.6) is 0 Å². The number of benzene rings is 1. The largest absolute Gasteiger partial charge is 0.304 e. The lowest BCUT2D eigenvalue weighted by Gasteiger charge is -2.33. The van der Waals surface area contributed by atoms with Crippen LogP contribution < -0.4 is 4.90 Å². The highest BCUT2D eigenvalue weighted by atomic mass is 35.5. The number of hydrogen-bond acceptors (Lipinski definition) is 3. The van der Waals surface area contributed by atoms with Crippen LogP contribution >= 0.6 is 23.2 Å². The molecule has 1 fully saturated rings. The topological polar surface area (TPSA) is 63.5 Å². The second-order valence-electron chi connectivity index (χ2n) is 4.01. The molecule has 0 N–H and O–H groups in total. The Kier molecular flexibility index (Phi) is 3.45. The average molecular weight is 289 g/mol. The van der Waals surface area contributed by atoms with Crippen molar-refractivity contribution in [2.45, 2.75) is 17.2 Å². The molecule has 1 aromatic carbocycles. The molecule has 1 saturated heterocycles. The zero-order valence-corrected chi connectivity index (χ0v) is 10.8. The third-order valence-corrected chi connectivity index (χ3v) is 3.50. The summed E-state index contributed by atoms with van der Waals surface area (Å²) in [6.07, 6.45) is 0.955. The van der Waals surface area contributed by atoms with Gasteiger partial charge in [0.05, 0.1) is 4.92 Å². The Morgan fingerprint density at radius 1 is 1.33 bits per heavy atom. The van der Waals surface area contributed by atoms with E-state index >= 15 is 0 Å². The Balaban J connectivity index is 2.43. The Labute approximate surface area is 113 Å². The average Bonchev–Trinajstić information content (AvgIpc) is 2.32. The molecule has 0 atom stereocenters. The number of carbonyl (C=O) groups is 1. The lowest BCUT2D eigenvalue weighted by atomic mass is 10.1. The second kappa shape index (κ2) is 4.74. The molecule has 0 radical (unpaired) electrons. The molecule has 0 bridgehead atoms. The summed E-state index contributed by atoms with van der Waals surface area (Å²) in [7, 11) is 0. The van der Waals surface area contributed by atoms with E-state index in [1.165, 1.54) is 17.0 Å². The molecule has 18 heavy (non-hydrogen) atoms. The number of rotatable bonds is 2. The van der Waals surface area contributed by atoms with E-state index in [0.717, 1.165) is 0 Å². The lowest BCUT2D eigenvalue weighted by Crippen LogP contribution is -2.47. The molecule has 1 heterocycles. The van der Waals surface area contributed by atoms with Crippen LogP contribution in [0.25, 0.3) is 0 Å². The number of nitro benzene ring substituents is 1. The number of nitro groups is 1. The van der Waals surface area contributed by atoms with E-state index in [2.05, 4.69) is 0 Å². The van der Waals surface area contributed by atoms with Crippen LogP contribution in [0.4, 0.5) is 11.4 Å². The van der Waals surface area contributed by atoms with E-state index in [9.17, 15) is 14.9 Å². The van der Waals surface area contributed by atoms with Gasteiger partial charge >= 0.3 is 0 Å². The van der Waals surface area contributed by atoms with Crippen molar-refractivity contribution < 1.29 is 9.72 Å². The maximum atomic E-state index is 12.1. The van der Waals surface area contributed by atoms with Crippen LogP contribution in [0.2, 0.25) is 0 Å². The molecule has 0 unspecified atom stereocenters. The quantitative estimate of drug-likeness (QED) is 0.477. The highest BCUT2D eigenvalue weighted by Gasteiger charge is 2.42. The van der Waals surface area contributed by atoms with E-state index in [-0.39, 0.29) is 11.4 Å². The molecular weight excluding hydrogens is 279 g/mol. The van der Waals surface area contributed by atoms with Gasteiger partial charge in [-0.05, 0) is 18.9 Å². The van der Waals surface area contributed by atoms with E-state index in [4.69, 9.17) is 23.2 Å².